The number of phosphoric ester groups is 1. The lowest BCUT2D eigenvalue weighted by Gasteiger charge is -2.19. The average Bonchev–Trinajstić information content (AvgIpc) is 3.05. The first-order valence-corrected chi connectivity index (χ1v) is 10.1. The highest BCUT2D eigenvalue weighted by molar-refractivity contribution is 7.99. The van der Waals surface area contributed by atoms with E-state index >= 15 is 0 Å². The van der Waals surface area contributed by atoms with E-state index in [1.807, 2.05) is 6.92 Å². The number of nitrogen functional groups attached to an aromatic ring is 1. The van der Waals surface area contributed by atoms with E-state index in [0.717, 1.165) is 0 Å². The zero-order chi connectivity index (χ0) is 19.1. The Morgan fingerprint density at radius 3 is 2.77 bits per heavy atom. The minimum atomic E-state index is -4.74. The molecular formula is C12H18N5O7PS. The molecule has 144 valence electrons. The van der Waals surface area contributed by atoms with E-state index in [1.165, 1.54) is 22.7 Å². The third-order valence-corrected chi connectivity index (χ3v) is 5.07. The second kappa shape index (κ2) is 7.37. The van der Waals surface area contributed by atoms with Crippen molar-refractivity contribution < 1.29 is 33.8 Å². The second-order valence-corrected chi connectivity index (χ2v) is 7.93. The zero-order valence-corrected chi connectivity index (χ0v) is 15.2. The maximum Gasteiger partial charge on any atom is 0.469 e. The van der Waals surface area contributed by atoms with Crippen LogP contribution in [0.4, 0.5) is 5.82 Å². The van der Waals surface area contributed by atoms with E-state index < -0.39 is 39.0 Å². The Kier molecular flexibility index (Phi) is 5.51. The highest BCUT2D eigenvalue weighted by Crippen LogP contribution is 2.40. The molecule has 0 aromatic carbocycles. The van der Waals surface area contributed by atoms with Crippen LogP contribution < -0.4 is 5.73 Å². The lowest BCUT2D eigenvalue weighted by Crippen LogP contribution is -2.33. The summed E-state index contributed by atoms with van der Waals surface area (Å²) < 4.78 is 22.3. The molecule has 0 aliphatic carbocycles. The molecule has 0 bridgehead atoms. The van der Waals surface area contributed by atoms with Crippen LogP contribution in [0.2, 0.25) is 0 Å². The number of phosphoric acid groups is 1. The van der Waals surface area contributed by atoms with Gasteiger partial charge in [-0.25, -0.2) is 19.5 Å². The van der Waals surface area contributed by atoms with Gasteiger partial charge in [0, 0.05) is 0 Å². The molecule has 0 spiro atoms. The number of nitrogens with two attached hydrogens (primary N) is 1. The third kappa shape index (κ3) is 3.70. The maximum absolute atomic E-state index is 10.9. The third-order valence-electron chi connectivity index (χ3n) is 3.75. The maximum atomic E-state index is 10.9. The van der Waals surface area contributed by atoms with Crippen molar-refractivity contribution in [2.45, 2.75) is 36.6 Å². The Balaban J connectivity index is 1.96. The van der Waals surface area contributed by atoms with Crippen LogP contribution in [0.25, 0.3) is 11.2 Å². The van der Waals surface area contributed by atoms with E-state index in [9.17, 15) is 14.8 Å². The molecule has 14 heteroatoms. The van der Waals surface area contributed by atoms with Gasteiger partial charge in [-0.2, -0.15) is 0 Å². The van der Waals surface area contributed by atoms with Crippen molar-refractivity contribution in [2.75, 3.05) is 18.1 Å². The molecule has 0 amide bonds. The Hall–Kier alpha value is -1.31. The summed E-state index contributed by atoms with van der Waals surface area (Å²) in [5.74, 6) is 0.813. The Labute approximate surface area is 151 Å². The molecule has 4 atom stereocenters. The molecule has 6 N–H and O–H groups in total. The molecule has 26 heavy (non-hydrogen) atoms. The normalized spacial score (nSPS) is 26.7. The van der Waals surface area contributed by atoms with Gasteiger partial charge in [-0.05, 0) is 5.75 Å². The van der Waals surface area contributed by atoms with E-state index in [-0.39, 0.29) is 5.82 Å². The fraction of sp³-hybridized carbons (Fsp3) is 0.583. The molecule has 3 heterocycles. The molecular weight excluding hydrogens is 389 g/mol. The van der Waals surface area contributed by atoms with Crippen molar-refractivity contribution in [1.29, 1.82) is 0 Å². The van der Waals surface area contributed by atoms with Crippen molar-refractivity contribution in [1.82, 2.24) is 19.5 Å². The number of anilines is 1. The van der Waals surface area contributed by atoms with Crippen LogP contribution in [0.3, 0.4) is 0 Å². The Bertz CT molecular complexity index is 845. The average molecular weight is 407 g/mol. The summed E-state index contributed by atoms with van der Waals surface area (Å²) in [5, 5.41) is 21.0. The molecule has 1 aliphatic rings. The minimum Gasteiger partial charge on any atom is -0.387 e. The molecule has 3 rings (SSSR count). The fourth-order valence-electron chi connectivity index (χ4n) is 2.62. The highest BCUT2D eigenvalue weighted by Gasteiger charge is 2.46. The topological polar surface area (TPSA) is 186 Å². The number of aromatic nitrogens is 4. The fourth-order valence-corrected chi connectivity index (χ4v) is 3.70. The number of nitrogens with zero attached hydrogens (tertiary/aromatic N) is 4. The molecule has 1 fully saturated rings. The summed E-state index contributed by atoms with van der Waals surface area (Å²) in [7, 11) is -4.74. The number of thioether (sulfide) groups is 1. The lowest BCUT2D eigenvalue weighted by molar-refractivity contribution is -0.0541. The van der Waals surface area contributed by atoms with Gasteiger partial charge >= 0.3 is 7.82 Å². The van der Waals surface area contributed by atoms with Crippen LogP contribution in [0, 0.1) is 0 Å². The van der Waals surface area contributed by atoms with Gasteiger partial charge in [-0.1, -0.05) is 18.7 Å². The van der Waals surface area contributed by atoms with Crippen LogP contribution >= 0.6 is 19.6 Å². The van der Waals surface area contributed by atoms with E-state index in [4.69, 9.17) is 20.3 Å². The molecule has 1 aliphatic heterocycles. The van der Waals surface area contributed by atoms with Crippen LogP contribution in [0.15, 0.2) is 11.5 Å². The summed E-state index contributed by atoms with van der Waals surface area (Å²) in [6, 6.07) is 0. The number of ether oxygens (including phenoxy) is 1. The summed E-state index contributed by atoms with van der Waals surface area (Å²) in [5.41, 5.74) is 6.45. The molecule has 2 aromatic heterocycles. The quantitative estimate of drug-likeness (QED) is 0.298. The van der Waals surface area contributed by atoms with Gasteiger partial charge in [0.2, 0.25) is 0 Å². The Morgan fingerprint density at radius 2 is 2.12 bits per heavy atom. The molecule has 4 unspecified atom stereocenters. The summed E-state index contributed by atoms with van der Waals surface area (Å²) in [6.07, 6.45) is -3.84. The number of aliphatic hydroxyl groups excluding tert-OH is 2. The van der Waals surface area contributed by atoms with E-state index in [1.54, 1.807) is 0 Å². The number of hydrogen-bond donors (Lipinski definition) is 5. The van der Waals surface area contributed by atoms with Crippen molar-refractivity contribution >= 4 is 36.6 Å². The lowest BCUT2D eigenvalue weighted by atomic mass is 10.1. The monoisotopic (exact) mass is 407 g/mol. The summed E-state index contributed by atoms with van der Waals surface area (Å²) in [6.45, 7) is 1.31. The van der Waals surface area contributed by atoms with Crippen molar-refractivity contribution in [3.8, 4) is 0 Å². The second-order valence-electron chi connectivity index (χ2n) is 5.46. The van der Waals surface area contributed by atoms with Gasteiger partial charge in [0.15, 0.2) is 28.4 Å². The van der Waals surface area contributed by atoms with Gasteiger partial charge in [-0.3, -0.25) is 9.09 Å². The minimum absolute atomic E-state index is 0.154. The first kappa shape index (κ1) is 19.5. The number of rotatable bonds is 6. The molecule has 0 saturated carbocycles. The molecule has 1 saturated heterocycles. The standard InChI is InChI=1S/C12H18N5O7PS/c1-2-26-12-16-6-9(13)14-4-15-10(6)17(12)11-8(19)7(18)5(24-11)3-23-25(20,21)22/h4-5,7-8,11,18-19H,2-3H2,1H3,(H2,13,14,15)(H2,20,21,22). The largest absolute Gasteiger partial charge is 0.469 e. The van der Waals surface area contributed by atoms with Crippen LogP contribution in [-0.2, 0) is 13.8 Å². The van der Waals surface area contributed by atoms with Gasteiger partial charge in [0.25, 0.3) is 0 Å². The summed E-state index contributed by atoms with van der Waals surface area (Å²) in [4.78, 5) is 30.0. The smallest absolute Gasteiger partial charge is 0.387 e. The summed E-state index contributed by atoms with van der Waals surface area (Å²) >= 11 is 1.35. The zero-order valence-electron chi connectivity index (χ0n) is 13.5. The molecule has 12 nitrogen and oxygen atoms in total. The SMILES string of the molecule is CCSc1nc2c(N)ncnc2n1C1OC(COP(=O)(O)O)C(O)C1O. The van der Waals surface area contributed by atoms with Crippen molar-refractivity contribution in [3.63, 3.8) is 0 Å². The number of hydrogen-bond acceptors (Lipinski definition) is 10. The van der Waals surface area contributed by atoms with Crippen molar-refractivity contribution in [2.24, 2.45) is 0 Å². The molecule has 2 aromatic rings. The van der Waals surface area contributed by atoms with Gasteiger partial charge in [0.1, 0.15) is 24.6 Å². The van der Waals surface area contributed by atoms with Gasteiger partial charge < -0.3 is 30.5 Å². The first-order valence-electron chi connectivity index (χ1n) is 7.55. The van der Waals surface area contributed by atoms with Crippen LogP contribution in [0.1, 0.15) is 13.2 Å². The first-order chi connectivity index (χ1) is 12.2. The van der Waals surface area contributed by atoms with Gasteiger partial charge in [-0.15, -0.1) is 0 Å². The predicted octanol–water partition coefficient (Wildman–Crippen LogP) is -0.751. The van der Waals surface area contributed by atoms with Gasteiger partial charge in [0.05, 0.1) is 6.61 Å². The number of aliphatic hydroxyl groups is 2. The molecule has 0 radical (unpaired) electrons. The van der Waals surface area contributed by atoms with Crippen LogP contribution in [-0.4, -0.2) is 70.2 Å². The van der Waals surface area contributed by atoms with E-state index in [0.29, 0.717) is 22.1 Å². The Morgan fingerprint density at radius 1 is 1.38 bits per heavy atom. The van der Waals surface area contributed by atoms with Crippen LogP contribution in [0.5, 0.6) is 0 Å². The predicted molar refractivity (Wildman–Crippen MR) is 90.1 cm³/mol. The highest BCUT2D eigenvalue weighted by atomic mass is 32.2. The number of fused-ring (bicyclic) bond motifs is 1. The number of imidazole rings is 1. The van der Waals surface area contributed by atoms with Crippen molar-refractivity contribution in [3.05, 3.63) is 6.33 Å². The van der Waals surface area contributed by atoms with E-state index in [2.05, 4.69) is 19.5 Å².